The van der Waals surface area contributed by atoms with Crippen LogP contribution >= 0.6 is 0 Å². The summed E-state index contributed by atoms with van der Waals surface area (Å²) in [5.41, 5.74) is 1.38. The molecule has 0 aliphatic heterocycles. The van der Waals surface area contributed by atoms with E-state index >= 15 is 0 Å². The maximum Gasteiger partial charge on any atom is 0.0951 e. The SMILES string of the molecule is CC1=CCC(C)(CF)CC1. The van der Waals surface area contributed by atoms with Gasteiger partial charge in [0.15, 0.2) is 0 Å². The van der Waals surface area contributed by atoms with Crippen molar-refractivity contribution in [3.63, 3.8) is 0 Å². The van der Waals surface area contributed by atoms with Gasteiger partial charge in [-0.05, 0) is 31.6 Å². The minimum absolute atomic E-state index is 0.0422. The molecule has 0 spiro atoms. The Morgan fingerprint density at radius 2 is 2.40 bits per heavy atom. The quantitative estimate of drug-likeness (QED) is 0.493. The molecular weight excluding hydrogens is 127 g/mol. The highest BCUT2D eigenvalue weighted by Crippen LogP contribution is 2.34. The summed E-state index contributed by atoms with van der Waals surface area (Å²) in [5.74, 6) is 0. The van der Waals surface area contributed by atoms with Crippen LogP contribution in [0.5, 0.6) is 0 Å². The summed E-state index contributed by atoms with van der Waals surface area (Å²) in [6, 6.07) is 0. The molecule has 10 heavy (non-hydrogen) atoms. The van der Waals surface area contributed by atoms with Crippen molar-refractivity contribution >= 4 is 0 Å². The fraction of sp³-hybridized carbons (Fsp3) is 0.778. The summed E-state index contributed by atoms with van der Waals surface area (Å²) >= 11 is 0. The van der Waals surface area contributed by atoms with Gasteiger partial charge in [-0.1, -0.05) is 18.6 Å². The van der Waals surface area contributed by atoms with Crippen molar-refractivity contribution in [3.05, 3.63) is 11.6 Å². The Morgan fingerprint density at radius 3 is 2.80 bits per heavy atom. The minimum Gasteiger partial charge on any atom is -0.250 e. The zero-order valence-corrected chi connectivity index (χ0v) is 6.78. The lowest BCUT2D eigenvalue weighted by molar-refractivity contribution is 0.208. The average Bonchev–Trinajstić information content (AvgIpc) is 1.96. The molecule has 0 radical (unpaired) electrons. The predicted molar refractivity (Wildman–Crippen MR) is 41.7 cm³/mol. The van der Waals surface area contributed by atoms with Gasteiger partial charge in [-0.2, -0.15) is 0 Å². The second-order valence-electron chi connectivity index (χ2n) is 3.70. The first-order valence-corrected chi connectivity index (χ1v) is 3.88. The van der Waals surface area contributed by atoms with E-state index in [1.807, 2.05) is 6.92 Å². The third kappa shape index (κ3) is 1.59. The second-order valence-corrected chi connectivity index (χ2v) is 3.70. The number of rotatable bonds is 1. The fourth-order valence-corrected chi connectivity index (χ4v) is 1.25. The summed E-state index contributed by atoms with van der Waals surface area (Å²) < 4.78 is 12.4. The standard InChI is InChI=1S/C9H15F/c1-8-3-5-9(2,7-10)6-4-8/h3H,4-7H2,1-2H3. The first kappa shape index (κ1) is 7.77. The van der Waals surface area contributed by atoms with Crippen LogP contribution in [-0.2, 0) is 0 Å². The van der Waals surface area contributed by atoms with Gasteiger partial charge in [-0.25, -0.2) is 0 Å². The van der Waals surface area contributed by atoms with Crippen LogP contribution in [0, 0.1) is 5.41 Å². The maximum absolute atomic E-state index is 12.4. The molecule has 0 saturated carbocycles. The first-order chi connectivity index (χ1) is 4.66. The zero-order valence-electron chi connectivity index (χ0n) is 6.78. The van der Waals surface area contributed by atoms with Crippen molar-refractivity contribution in [1.29, 1.82) is 0 Å². The van der Waals surface area contributed by atoms with E-state index in [1.54, 1.807) is 0 Å². The van der Waals surface area contributed by atoms with Gasteiger partial charge in [0, 0.05) is 0 Å². The lowest BCUT2D eigenvalue weighted by Gasteiger charge is -2.28. The highest BCUT2D eigenvalue weighted by molar-refractivity contribution is 5.05. The van der Waals surface area contributed by atoms with Crippen LogP contribution in [0.15, 0.2) is 11.6 Å². The average molecular weight is 142 g/mol. The molecule has 0 fully saturated rings. The van der Waals surface area contributed by atoms with Gasteiger partial charge < -0.3 is 0 Å². The van der Waals surface area contributed by atoms with Crippen molar-refractivity contribution in [2.24, 2.45) is 5.41 Å². The number of hydrogen-bond donors (Lipinski definition) is 0. The van der Waals surface area contributed by atoms with Gasteiger partial charge in [0.25, 0.3) is 0 Å². The molecule has 58 valence electrons. The van der Waals surface area contributed by atoms with Gasteiger partial charge in [0.05, 0.1) is 6.67 Å². The zero-order chi connectivity index (χ0) is 7.61. The summed E-state index contributed by atoms with van der Waals surface area (Å²) in [6.07, 6.45) is 5.20. The molecular formula is C9H15F. The minimum atomic E-state index is -0.170. The molecule has 0 amide bonds. The van der Waals surface area contributed by atoms with E-state index < -0.39 is 0 Å². The summed E-state index contributed by atoms with van der Waals surface area (Å²) in [7, 11) is 0. The molecule has 1 unspecified atom stereocenters. The molecule has 0 bridgehead atoms. The van der Waals surface area contributed by atoms with Gasteiger partial charge in [0.1, 0.15) is 0 Å². The first-order valence-electron chi connectivity index (χ1n) is 3.88. The summed E-state index contributed by atoms with van der Waals surface area (Å²) in [5, 5.41) is 0. The molecule has 1 heteroatoms. The van der Waals surface area contributed by atoms with E-state index in [9.17, 15) is 4.39 Å². The van der Waals surface area contributed by atoms with E-state index in [4.69, 9.17) is 0 Å². The van der Waals surface area contributed by atoms with E-state index in [2.05, 4.69) is 13.0 Å². The van der Waals surface area contributed by atoms with E-state index in [1.165, 1.54) is 5.57 Å². The molecule has 1 aliphatic carbocycles. The van der Waals surface area contributed by atoms with Crippen molar-refractivity contribution < 1.29 is 4.39 Å². The Kier molecular flexibility index (Phi) is 2.12. The van der Waals surface area contributed by atoms with Gasteiger partial charge in [-0.15, -0.1) is 0 Å². The molecule has 0 heterocycles. The van der Waals surface area contributed by atoms with E-state index in [0.29, 0.717) is 0 Å². The number of alkyl halides is 1. The topological polar surface area (TPSA) is 0 Å². The highest BCUT2D eigenvalue weighted by atomic mass is 19.1. The lowest BCUT2D eigenvalue weighted by Crippen LogP contribution is -2.20. The smallest absolute Gasteiger partial charge is 0.0951 e. The van der Waals surface area contributed by atoms with Crippen LogP contribution in [-0.4, -0.2) is 6.67 Å². The molecule has 0 nitrogen and oxygen atoms in total. The van der Waals surface area contributed by atoms with Crippen LogP contribution in [0.2, 0.25) is 0 Å². The Bertz CT molecular complexity index is 149. The lowest BCUT2D eigenvalue weighted by atomic mass is 9.78. The summed E-state index contributed by atoms with van der Waals surface area (Å²) in [4.78, 5) is 0. The van der Waals surface area contributed by atoms with Gasteiger partial charge in [-0.3, -0.25) is 4.39 Å². The molecule has 1 atom stereocenters. The molecule has 1 rings (SSSR count). The van der Waals surface area contributed by atoms with Crippen LogP contribution in [0.4, 0.5) is 4.39 Å². The Balaban J connectivity index is 2.56. The van der Waals surface area contributed by atoms with Crippen molar-refractivity contribution in [1.82, 2.24) is 0 Å². The van der Waals surface area contributed by atoms with Crippen molar-refractivity contribution in [2.75, 3.05) is 6.67 Å². The van der Waals surface area contributed by atoms with E-state index in [0.717, 1.165) is 19.3 Å². The van der Waals surface area contributed by atoms with Crippen LogP contribution in [0.25, 0.3) is 0 Å². The molecule has 0 aromatic rings. The normalized spacial score (nSPS) is 33.7. The Hall–Kier alpha value is -0.330. The third-order valence-electron chi connectivity index (χ3n) is 2.39. The summed E-state index contributed by atoms with van der Waals surface area (Å²) in [6.45, 7) is 3.98. The van der Waals surface area contributed by atoms with Crippen LogP contribution in [0.1, 0.15) is 33.1 Å². The second kappa shape index (κ2) is 2.73. The highest BCUT2D eigenvalue weighted by Gasteiger charge is 2.25. The van der Waals surface area contributed by atoms with Gasteiger partial charge >= 0.3 is 0 Å². The van der Waals surface area contributed by atoms with Crippen LogP contribution in [0.3, 0.4) is 0 Å². The Labute approximate surface area is 62.1 Å². The molecule has 0 aromatic heterocycles. The number of hydrogen-bond acceptors (Lipinski definition) is 0. The van der Waals surface area contributed by atoms with Crippen LogP contribution < -0.4 is 0 Å². The molecule has 1 aliphatic rings. The predicted octanol–water partition coefficient (Wildman–Crippen LogP) is 3.09. The van der Waals surface area contributed by atoms with Gasteiger partial charge in [0.2, 0.25) is 0 Å². The van der Waals surface area contributed by atoms with Crippen molar-refractivity contribution in [3.8, 4) is 0 Å². The largest absolute Gasteiger partial charge is 0.250 e. The van der Waals surface area contributed by atoms with E-state index in [-0.39, 0.29) is 12.1 Å². The molecule has 0 aromatic carbocycles. The Morgan fingerprint density at radius 1 is 1.70 bits per heavy atom. The van der Waals surface area contributed by atoms with Crippen molar-refractivity contribution in [2.45, 2.75) is 33.1 Å². The fourth-order valence-electron chi connectivity index (χ4n) is 1.25. The number of halogens is 1. The maximum atomic E-state index is 12.4. The monoisotopic (exact) mass is 142 g/mol. The molecule has 0 saturated heterocycles. The number of allylic oxidation sites excluding steroid dienone is 2. The third-order valence-corrected chi connectivity index (χ3v) is 2.39. The molecule has 0 N–H and O–H groups in total.